The average Bonchev–Trinajstić information content (AvgIpc) is 2.71. The lowest BCUT2D eigenvalue weighted by molar-refractivity contribution is 0.282. The van der Waals surface area contributed by atoms with Gasteiger partial charge in [0.2, 0.25) is 0 Å². The molecule has 0 fully saturated rings. The molecule has 0 aliphatic carbocycles. The Morgan fingerprint density at radius 1 is 1.07 bits per heavy atom. The monoisotopic (exact) mass is 404 g/mol. The largest absolute Gasteiger partial charge is 0.457 e. The number of rotatable bonds is 13. The predicted octanol–water partition coefficient (Wildman–Crippen LogP) is 5.00. The minimum atomic E-state index is 0.267. The maximum atomic E-state index is 8.88. The van der Waals surface area contributed by atoms with Crippen molar-refractivity contribution in [3.05, 3.63) is 59.1 Å². The summed E-state index contributed by atoms with van der Waals surface area (Å²) in [5.41, 5.74) is 1.19. The number of hydrogen-bond donors (Lipinski definition) is 3. The highest BCUT2D eigenvalue weighted by Gasteiger charge is 2.15. The van der Waals surface area contributed by atoms with E-state index >= 15 is 0 Å². The summed E-state index contributed by atoms with van der Waals surface area (Å²) in [6.07, 6.45) is 3.00. The van der Waals surface area contributed by atoms with Crippen molar-refractivity contribution in [2.75, 3.05) is 19.7 Å². The van der Waals surface area contributed by atoms with Crippen LogP contribution in [0.4, 0.5) is 0 Å². The number of hydrogen-bond acceptors (Lipinski definition) is 4. The van der Waals surface area contributed by atoms with Gasteiger partial charge in [0, 0.05) is 30.8 Å². The number of halogens is 1. The van der Waals surface area contributed by atoms with E-state index in [9.17, 15) is 0 Å². The Hall–Kier alpha value is -1.59. The molecule has 28 heavy (non-hydrogen) atoms. The third kappa shape index (κ3) is 8.19. The van der Waals surface area contributed by atoms with E-state index < -0.39 is 0 Å². The van der Waals surface area contributed by atoms with Gasteiger partial charge in [-0.05, 0) is 67.3 Å². The van der Waals surface area contributed by atoms with Crippen LogP contribution in [0.5, 0.6) is 11.5 Å². The van der Waals surface area contributed by atoms with Crippen LogP contribution in [0.25, 0.3) is 0 Å². The molecule has 2 aromatic carbocycles. The van der Waals surface area contributed by atoms with Gasteiger partial charge < -0.3 is 20.5 Å². The molecule has 4 nitrogen and oxygen atoms in total. The van der Waals surface area contributed by atoms with Crippen molar-refractivity contribution in [2.24, 2.45) is 5.92 Å². The molecule has 0 radical (unpaired) electrons. The summed E-state index contributed by atoms with van der Waals surface area (Å²) in [4.78, 5) is 0. The molecule has 0 saturated carbocycles. The van der Waals surface area contributed by atoms with Crippen LogP contribution in [0.1, 0.15) is 38.7 Å². The number of ether oxygens (including phenoxy) is 1. The summed E-state index contributed by atoms with van der Waals surface area (Å²) >= 11 is 5.93. The van der Waals surface area contributed by atoms with E-state index in [-0.39, 0.29) is 6.61 Å². The van der Waals surface area contributed by atoms with Crippen LogP contribution < -0.4 is 15.4 Å². The maximum Gasteiger partial charge on any atom is 0.127 e. The first kappa shape index (κ1) is 22.7. The molecule has 0 bridgehead atoms. The molecular weight excluding hydrogens is 372 g/mol. The Labute approximate surface area is 174 Å². The first-order valence-corrected chi connectivity index (χ1v) is 10.6. The van der Waals surface area contributed by atoms with Crippen molar-refractivity contribution in [3.8, 4) is 11.5 Å². The highest BCUT2D eigenvalue weighted by molar-refractivity contribution is 6.30. The molecule has 0 saturated heterocycles. The zero-order chi connectivity index (χ0) is 20.2. The lowest BCUT2D eigenvalue weighted by atomic mass is 9.98. The molecule has 0 heterocycles. The summed E-state index contributed by atoms with van der Waals surface area (Å²) in [5, 5.41) is 16.8. The molecule has 5 heteroatoms. The van der Waals surface area contributed by atoms with Crippen LogP contribution in [0, 0.1) is 5.92 Å². The molecule has 0 aromatic heterocycles. The Morgan fingerprint density at radius 2 is 1.86 bits per heavy atom. The summed E-state index contributed by atoms with van der Waals surface area (Å²) in [7, 11) is 0. The van der Waals surface area contributed by atoms with Gasteiger partial charge in [-0.2, -0.15) is 0 Å². The second kappa shape index (κ2) is 12.8. The zero-order valence-electron chi connectivity index (χ0n) is 17.0. The van der Waals surface area contributed by atoms with Crippen LogP contribution in [0.2, 0.25) is 5.02 Å². The summed E-state index contributed by atoms with van der Waals surface area (Å²) < 4.78 is 5.93. The molecule has 3 N–H and O–H groups in total. The van der Waals surface area contributed by atoms with Crippen molar-refractivity contribution >= 4 is 11.6 Å². The molecular formula is C23H33ClN2O2. The lowest BCUT2D eigenvalue weighted by Crippen LogP contribution is -2.43. The average molecular weight is 405 g/mol. The number of nitrogens with one attached hydrogen (secondary N) is 2. The minimum absolute atomic E-state index is 0.267. The fraction of sp³-hybridized carbons (Fsp3) is 0.478. The second-order valence-corrected chi connectivity index (χ2v) is 7.65. The third-order valence-electron chi connectivity index (χ3n) is 4.97. The lowest BCUT2D eigenvalue weighted by Gasteiger charge is -2.25. The second-order valence-electron chi connectivity index (χ2n) is 7.21. The van der Waals surface area contributed by atoms with Crippen molar-refractivity contribution < 1.29 is 9.84 Å². The van der Waals surface area contributed by atoms with E-state index in [2.05, 4.69) is 36.6 Å². The van der Waals surface area contributed by atoms with Gasteiger partial charge in [-0.1, -0.05) is 44.0 Å². The van der Waals surface area contributed by atoms with E-state index in [4.69, 9.17) is 21.4 Å². The Bertz CT molecular complexity index is 679. The first-order valence-electron chi connectivity index (χ1n) is 10.2. The van der Waals surface area contributed by atoms with Gasteiger partial charge >= 0.3 is 0 Å². The van der Waals surface area contributed by atoms with Crippen molar-refractivity contribution in [3.63, 3.8) is 0 Å². The SMILES string of the molecule is CCC(C)C(CNCCCCO)NCc1cccc(Oc2ccc(Cl)cc2)c1. The van der Waals surface area contributed by atoms with Crippen LogP contribution in [-0.2, 0) is 6.54 Å². The molecule has 2 rings (SSSR count). The molecule has 2 aromatic rings. The van der Waals surface area contributed by atoms with Crippen molar-refractivity contribution in [1.29, 1.82) is 0 Å². The van der Waals surface area contributed by atoms with Gasteiger partial charge in [0.15, 0.2) is 0 Å². The van der Waals surface area contributed by atoms with E-state index in [1.54, 1.807) is 0 Å². The van der Waals surface area contributed by atoms with Crippen molar-refractivity contribution in [1.82, 2.24) is 10.6 Å². The third-order valence-corrected chi connectivity index (χ3v) is 5.22. The Kier molecular flexibility index (Phi) is 10.4. The van der Waals surface area contributed by atoms with Crippen LogP contribution in [0.3, 0.4) is 0 Å². The minimum Gasteiger partial charge on any atom is -0.457 e. The number of unbranched alkanes of at least 4 members (excludes halogenated alkanes) is 1. The molecule has 0 aliphatic heterocycles. The molecule has 2 atom stereocenters. The Morgan fingerprint density at radius 3 is 2.57 bits per heavy atom. The molecule has 154 valence electrons. The highest BCUT2D eigenvalue weighted by atomic mass is 35.5. The molecule has 0 amide bonds. The van der Waals surface area contributed by atoms with Gasteiger partial charge in [-0.3, -0.25) is 0 Å². The van der Waals surface area contributed by atoms with Crippen LogP contribution in [-0.4, -0.2) is 30.8 Å². The van der Waals surface area contributed by atoms with E-state index in [1.165, 1.54) is 5.56 Å². The summed E-state index contributed by atoms with van der Waals surface area (Å²) in [5.74, 6) is 2.18. The summed E-state index contributed by atoms with van der Waals surface area (Å²) in [6.45, 7) is 7.45. The van der Waals surface area contributed by atoms with E-state index in [0.717, 1.165) is 50.4 Å². The van der Waals surface area contributed by atoms with Gasteiger partial charge in [0.05, 0.1) is 0 Å². The number of aliphatic hydroxyl groups excluding tert-OH is 1. The number of aliphatic hydroxyl groups is 1. The van der Waals surface area contributed by atoms with Crippen LogP contribution >= 0.6 is 11.6 Å². The zero-order valence-corrected chi connectivity index (χ0v) is 17.7. The topological polar surface area (TPSA) is 53.5 Å². The predicted molar refractivity (Wildman–Crippen MR) is 117 cm³/mol. The molecule has 0 aliphatic rings. The quantitative estimate of drug-likeness (QED) is 0.411. The van der Waals surface area contributed by atoms with Gasteiger partial charge in [0.25, 0.3) is 0 Å². The summed E-state index contributed by atoms with van der Waals surface area (Å²) in [6, 6.07) is 16.0. The molecule has 2 unspecified atom stereocenters. The smallest absolute Gasteiger partial charge is 0.127 e. The van der Waals surface area contributed by atoms with E-state index in [1.807, 2.05) is 36.4 Å². The fourth-order valence-electron chi connectivity index (χ4n) is 2.99. The van der Waals surface area contributed by atoms with Crippen molar-refractivity contribution in [2.45, 2.75) is 45.7 Å². The van der Waals surface area contributed by atoms with E-state index in [0.29, 0.717) is 17.0 Å². The first-order chi connectivity index (χ1) is 13.6. The molecule has 0 spiro atoms. The normalized spacial score (nSPS) is 13.3. The van der Waals surface area contributed by atoms with Gasteiger partial charge in [-0.25, -0.2) is 0 Å². The Balaban J connectivity index is 1.88. The van der Waals surface area contributed by atoms with Gasteiger partial charge in [-0.15, -0.1) is 0 Å². The maximum absolute atomic E-state index is 8.88. The highest BCUT2D eigenvalue weighted by Crippen LogP contribution is 2.24. The standard InChI is InChI=1S/C23H33ClN2O2/c1-3-18(2)23(17-25-13-4-5-14-27)26-16-19-7-6-8-22(15-19)28-21-11-9-20(24)10-12-21/h6-12,15,18,23,25-27H,3-5,13-14,16-17H2,1-2H3. The van der Waals surface area contributed by atoms with Gasteiger partial charge in [0.1, 0.15) is 11.5 Å². The fourth-order valence-corrected chi connectivity index (χ4v) is 3.11. The number of benzene rings is 2. The van der Waals surface area contributed by atoms with Crippen LogP contribution in [0.15, 0.2) is 48.5 Å².